The molecule has 0 radical (unpaired) electrons. The van der Waals surface area contributed by atoms with Gasteiger partial charge in [0.1, 0.15) is 5.54 Å². The van der Waals surface area contributed by atoms with Crippen LogP contribution in [0.15, 0.2) is 24.3 Å². The Morgan fingerprint density at radius 1 is 1.40 bits per heavy atom. The van der Waals surface area contributed by atoms with Gasteiger partial charge in [-0.3, -0.25) is 4.79 Å². The van der Waals surface area contributed by atoms with Crippen LogP contribution < -0.4 is 0 Å². The Morgan fingerprint density at radius 2 is 2.15 bits per heavy atom. The molecule has 1 saturated heterocycles. The van der Waals surface area contributed by atoms with Crippen LogP contribution in [0.1, 0.15) is 31.7 Å². The maximum Gasteiger partial charge on any atom is 0.329 e. The van der Waals surface area contributed by atoms with E-state index in [1.54, 1.807) is 25.1 Å². The van der Waals surface area contributed by atoms with Crippen LogP contribution in [0.25, 0.3) is 0 Å². The van der Waals surface area contributed by atoms with Crippen LogP contribution >= 0.6 is 11.6 Å². The first-order valence-corrected chi connectivity index (χ1v) is 7.09. The molecular weight excluding hydrogens is 278 g/mol. The maximum atomic E-state index is 12.4. The van der Waals surface area contributed by atoms with Gasteiger partial charge in [-0.15, -0.1) is 0 Å². The molecule has 1 unspecified atom stereocenters. The highest BCUT2D eigenvalue weighted by atomic mass is 35.5. The number of likely N-dealkylation sites (tertiary alicyclic amines) is 1. The Kier molecular flexibility index (Phi) is 4.33. The zero-order chi connectivity index (χ0) is 14.8. The smallest absolute Gasteiger partial charge is 0.329 e. The van der Waals surface area contributed by atoms with Crippen molar-refractivity contribution in [3.8, 4) is 0 Å². The molecule has 1 amide bonds. The molecule has 1 N–H and O–H groups in total. The van der Waals surface area contributed by atoms with Crippen molar-refractivity contribution in [2.45, 2.75) is 38.1 Å². The largest absolute Gasteiger partial charge is 0.480 e. The number of hydrogen-bond donors (Lipinski definition) is 1. The van der Waals surface area contributed by atoms with Gasteiger partial charge in [-0.2, -0.15) is 0 Å². The maximum absolute atomic E-state index is 12.4. The number of benzene rings is 1. The van der Waals surface area contributed by atoms with Gasteiger partial charge in [-0.25, -0.2) is 4.79 Å². The summed E-state index contributed by atoms with van der Waals surface area (Å²) in [6.45, 7) is 2.13. The molecule has 108 valence electrons. The Labute approximate surface area is 123 Å². The van der Waals surface area contributed by atoms with Crippen LogP contribution in [0.4, 0.5) is 0 Å². The van der Waals surface area contributed by atoms with Gasteiger partial charge in [-0.1, -0.05) is 23.7 Å². The number of hydrogen-bond acceptors (Lipinski definition) is 2. The first-order chi connectivity index (χ1) is 9.43. The molecule has 1 aromatic rings. The van der Waals surface area contributed by atoms with Crippen molar-refractivity contribution in [1.29, 1.82) is 0 Å². The van der Waals surface area contributed by atoms with E-state index >= 15 is 0 Å². The summed E-state index contributed by atoms with van der Waals surface area (Å²) in [7, 11) is 0. The first kappa shape index (κ1) is 14.9. The summed E-state index contributed by atoms with van der Waals surface area (Å²) >= 11 is 5.90. The number of amides is 1. The van der Waals surface area contributed by atoms with E-state index in [1.165, 1.54) is 4.90 Å². The van der Waals surface area contributed by atoms with E-state index < -0.39 is 11.5 Å². The molecule has 1 heterocycles. The average Bonchev–Trinajstić information content (AvgIpc) is 2.39. The molecule has 0 spiro atoms. The van der Waals surface area contributed by atoms with Gasteiger partial charge in [0.25, 0.3) is 0 Å². The second kappa shape index (κ2) is 5.83. The van der Waals surface area contributed by atoms with Gasteiger partial charge in [0.2, 0.25) is 5.91 Å². The molecule has 2 rings (SSSR count). The van der Waals surface area contributed by atoms with Crippen molar-refractivity contribution < 1.29 is 14.7 Å². The number of carbonyl (C=O) groups is 2. The van der Waals surface area contributed by atoms with Crippen molar-refractivity contribution in [2.75, 3.05) is 6.54 Å². The van der Waals surface area contributed by atoms with Crippen molar-refractivity contribution in [3.63, 3.8) is 0 Å². The highest BCUT2D eigenvalue weighted by Crippen LogP contribution is 2.29. The van der Waals surface area contributed by atoms with Crippen molar-refractivity contribution in [2.24, 2.45) is 0 Å². The Balaban J connectivity index is 2.16. The summed E-state index contributed by atoms with van der Waals surface area (Å²) in [6.07, 6.45) is 2.38. The molecular formula is C15H18ClNO3. The number of carbonyl (C=O) groups excluding carboxylic acids is 1. The third-order valence-corrected chi connectivity index (χ3v) is 4.13. The van der Waals surface area contributed by atoms with Crippen LogP contribution in [0.5, 0.6) is 0 Å². The Hall–Kier alpha value is -1.55. The molecule has 20 heavy (non-hydrogen) atoms. The van der Waals surface area contributed by atoms with E-state index in [4.69, 9.17) is 11.6 Å². The number of carboxylic acids is 1. The lowest BCUT2D eigenvalue weighted by Crippen LogP contribution is -2.57. The van der Waals surface area contributed by atoms with Crippen molar-refractivity contribution in [3.05, 3.63) is 34.9 Å². The standard InChI is InChI=1S/C15H18ClNO3/c1-15(14(19)20)7-2-3-8-17(15)13(18)10-11-5-4-6-12(16)9-11/h4-6,9H,2-3,7-8,10H2,1H3,(H,19,20). The topological polar surface area (TPSA) is 57.6 Å². The molecule has 1 fully saturated rings. The summed E-state index contributed by atoms with van der Waals surface area (Å²) in [5.74, 6) is -1.09. The molecule has 4 nitrogen and oxygen atoms in total. The molecule has 1 aliphatic heterocycles. The highest BCUT2D eigenvalue weighted by Gasteiger charge is 2.43. The summed E-state index contributed by atoms with van der Waals surface area (Å²) in [6, 6.07) is 7.10. The molecule has 0 aromatic heterocycles. The highest BCUT2D eigenvalue weighted by molar-refractivity contribution is 6.30. The van der Waals surface area contributed by atoms with Crippen molar-refractivity contribution in [1.82, 2.24) is 4.90 Å². The van der Waals surface area contributed by atoms with Crippen LogP contribution in [0.2, 0.25) is 5.02 Å². The molecule has 0 saturated carbocycles. The predicted octanol–water partition coefficient (Wildman–Crippen LogP) is 2.74. The summed E-state index contributed by atoms with van der Waals surface area (Å²) in [4.78, 5) is 25.4. The SMILES string of the molecule is CC1(C(=O)O)CCCCN1C(=O)Cc1cccc(Cl)c1. The summed E-state index contributed by atoms with van der Waals surface area (Å²) in [5, 5.41) is 9.99. The van der Waals surface area contributed by atoms with E-state index in [0.717, 1.165) is 18.4 Å². The molecule has 0 bridgehead atoms. The normalized spacial score (nSPS) is 22.6. The number of nitrogens with zero attached hydrogens (tertiary/aromatic N) is 1. The summed E-state index contributed by atoms with van der Waals surface area (Å²) < 4.78 is 0. The van der Waals surface area contributed by atoms with Gasteiger partial charge in [0.15, 0.2) is 0 Å². The number of piperidine rings is 1. The molecule has 1 atom stereocenters. The minimum Gasteiger partial charge on any atom is -0.480 e. The molecule has 5 heteroatoms. The van der Waals surface area contributed by atoms with Crippen LogP contribution in [-0.2, 0) is 16.0 Å². The van der Waals surface area contributed by atoms with Crippen LogP contribution in [0.3, 0.4) is 0 Å². The second-order valence-electron chi connectivity index (χ2n) is 5.39. The first-order valence-electron chi connectivity index (χ1n) is 6.72. The summed E-state index contributed by atoms with van der Waals surface area (Å²) in [5.41, 5.74) is -0.283. The van der Waals surface area contributed by atoms with E-state index in [0.29, 0.717) is 18.0 Å². The van der Waals surface area contributed by atoms with Gasteiger partial charge in [0.05, 0.1) is 6.42 Å². The van der Waals surface area contributed by atoms with E-state index in [2.05, 4.69) is 0 Å². The minimum atomic E-state index is -1.09. The number of carboxylic acid groups (broad SMARTS) is 1. The lowest BCUT2D eigenvalue weighted by molar-refractivity contribution is -0.160. The van der Waals surface area contributed by atoms with Crippen LogP contribution in [-0.4, -0.2) is 34.0 Å². The quantitative estimate of drug-likeness (QED) is 0.933. The van der Waals surface area contributed by atoms with Crippen LogP contribution in [0, 0.1) is 0 Å². The van der Waals surface area contributed by atoms with E-state index in [9.17, 15) is 14.7 Å². The zero-order valence-electron chi connectivity index (χ0n) is 11.4. The van der Waals surface area contributed by atoms with Gasteiger partial charge >= 0.3 is 5.97 Å². The zero-order valence-corrected chi connectivity index (χ0v) is 12.2. The van der Waals surface area contributed by atoms with Crippen molar-refractivity contribution >= 4 is 23.5 Å². The predicted molar refractivity (Wildman–Crippen MR) is 76.8 cm³/mol. The van der Waals surface area contributed by atoms with Gasteiger partial charge in [-0.05, 0) is 43.9 Å². The monoisotopic (exact) mass is 295 g/mol. The lowest BCUT2D eigenvalue weighted by atomic mass is 9.88. The fourth-order valence-corrected chi connectivity index (χ4v) is 2.87. The molecule has 0 aliphatic carbocycles. The number of aliphatic carboxylic acids is 1. The average molecular weight is 296 g/mol. The Morgan fingerprint density at radius 3 is 2.80 bits per heavy atom. The molecule has 1 aromatic carbocycles. The Bertz CT molecular complexity index is 532. The molecule has 1 aliphatic rings. The second-order valence-corrected chi connectivity index (χ2v) is 5.82. The van der Waals surface area contributed by atoms with Gasteiger partial charge in [0, 0.05) is 11.6 Å². The van der Waals surface area contributed by atoms with Gasteiger partial charge < -0.3 is 10.0 Å². The third-order valence-electron chi connectivity index (χ3n) is 3.90. The fourth-order valence-electron chi connectivity index (χ4n) is 2.66. The minimum absolute atomic E-state index is 0.156. The number of rotatable bonds is 3. The fraction of sp³-hybridized carbons (Fsp3) is 0.467. The number of halogens is 1. The van der Waals surface area contributed by atoms with E-state index in [1.807, 2.05) is 6.07 Å². The third kappa shape index (κ3) is 2.96. The van der Waals surface area contributed by atoms with E-state index in [-0.39, 0.29) is 12.3 Å². The lowest BCUT2D eigenvalue weighted by Gasteiger charge is -2.41.